The molecule has 1 aromatic carbocycles. The normalized spacial score (nSPS) is 18.5. The number of aromatic nitrogens is 2. The highest BCUT2D eigenvalue weighted by atomic mass is 32.2. The van der Waals surface area contributed by atoms with E-state index >= 15 is 0 Å². The van der Waals surface area contributed by atoms with Crippen LogP contribution < -0.4 is 0 Å². The van der Waals surface area contributed by atoms with Crippen molar-refractivity contribution in [3.8, 4) is 0 Å². The van der Waals surface area contributed by atoms with Crippen molar-refractivity contribution in [2.24, 2.45) is 0 Å². The first-order valence-corrected chi connectivity index (χ1v) is 8.70. The van der Waals surface area contributed by atoms with Gasteiger partial charge in [-0.05, 0) is 49.5 Å². The number of hydrogen-bond acceptors (Lipinski definition) is 2. The summed E-state index contributed by atoms with van der Waals surface area (Å²) in [6.07, 6.45) is 8.61. The maximum absolute atomic E-state index is 13.3. The minimum Gasteiger partial charge on any atom is -0.330 e. The monoisotopic (exact) mass is 310 g/mol. The lowest BCUT2D eigenvalue weighted by atomic mass is 9.88. The molecule has 1 aliphatic rings. The number of rotatable bonds is 3. The maximum Gasteiger partial charge on any atom is 0.178 e. The first kappa shape index (κ1) is 14.1. The van der Waals surface area contributed by atoms with Crippen LogP contribution in [0.1, 0.15) is 32.1 Å². The van der Waals surface area contributed by atoms with Gasteiger partial charge in [0.1, 0.15) is 5.82 Å². The summed E-state index contributed by atoms with van der Waals surface area (Å²) in [7, 11) is 0. The summed E-state index contributed by atoms with van der Waals surface area (Å²) >= 11 is 7.39. The van der Waals surface area contributed by atoms with E-state index in [2.05, 4.69) is 15.8 Å². The van der Waals surface area contributed by atoms with Crippen LogP contribution in [0.5, 0.6) is 0 Å². The Morgan fingerprint density at radius 1 is 1.35 bits per heavy atom. The number of nitrogens with zero attached hydrogens (tertiary/aromatic N) is 1. The summed E-state index contributed by atoms with van der Waals surface area (Å²) in [6.45, 7) is 0.915. The third-order valence-corrected chi connectivity index (χ3v) is 6.11. The van der Waals surface area contributed by atoms with Gasteiger partial charge >= 0.3 is 0 Å². The molecule has 2 aromatic rings. The molecular formula is C15H19FN2S2. The molecule has 0 saturated heterocycles. The molecule has 0 unspecified atom stereocenters. The molecule has 1 N–H and O–H groups in total. The van der Waals surface area contributed by atoms with Gasteiger partial charge in [-0.3, -0.25) is 0 Å². The molecule has 1 aliphatic carbocycles. The number of aromatic amines is 1. The molecule has 0 amide bonds. The Bertz CT molecular complexity index is 668. The highest BCUT2D eigenvalue weighted by Crippen LogP contribution is 2.40. The lowest BCUT2D eigenvalue weighted by molar-refractivity contribution is 0.360. The molecule has 20 heavy (non-hydrogen) atoms. The Hall–Kier alpha value is -0.810. The molecule has 1 aromatic heterocycles. The zero-order valence-electron chi connectivity index (χ0n) is 11.6. The van der Waals surface area contributed by atoms with Crippen molar-refractivity contribution in [1.82, 2.24) is 9.55 Å². The number of hydrogen-bond donors (Lipinski definition) is 1. The second kappa shape index (κ2) is 5.53. The van der Waals surface area contributed by atoms with Gasteiger partial charge in [-0.25, -0.2) is 4.39 Å². The Kier molecular flexibility index (Phi) is 3.91. The quantitative estimate of drug-likeness (QED) is 0.814. The van der Waals surface area contributed by atoms with Gasteiger partial charge in [-0.15, -0.1) is 0 Å². The zero-order chi connectivity index (χ0) is 14.2. The SMILES string of the molecule is CSC1(Cn2c(=S)[nH]c3cc(F)ccc32)CCCCC1. The maximum atomic E-state index is 13.3. The fourth-order valence-electron chi connectivity index (χ4n) is 3.20. The molecule has 108 valence electrons. The number of nitrogens with one attached hydrogen (secondary N) is 1. The predicted molar refractivity (Wildman–Crippen MR) is 86.4 cm³/mol. The molecule has 1 saturated carbocycles. The summed E-state index contributed by atoms with van der Waals surface area (Å²) in [5, 5.41) is 0. The van der Waals surface area contributed by atoms with E-state index in [0.717, 1.165) is 17.6 Å². The van der Waals surface area contributed by atoms with Crippen LogP contribution in [-0.4, -0.2) is 20.6 Å². The minimum absolute atomic E-state index is 0.224. The summed E-state index contributed by atoms with van der Waals surface area (Å²) in [4.78, 5) is 3.13. The van der Waals surface area contributed by atoms with Crippen molar-refractivity contribution in [2.75, 3.05) is 6.26 Å². The van der Waals surface area contributed by atoms with Crippen LogP contribution in [0, 0.1) is 10.6 Å². The van der Waals surface area contributed by atoms with E-state index in [1.165, 1.54) is 44.2 Å². The summed E-state index contributed by atoms with van der Waals surface area (Å²) in [5.74, 6) is -0.224. The second-order valence-corrected chi connectivity index (χ2v) is 7.29. The van der Waals surface area contributed by atoms with Crippen LogP contribution in [0.3, 0.4) is 0 Å². The van der Waals surface area contributed by atoms with E-state index in [1.54, 1.807) is 0 Å². The highest BCUT2D eigenvalue weighted by Gasteiger charge is 2.32. The number of benzene rings is 1. The molecule has 5 heteroatoms. The van der Waals surface area contributed by atoms with E-state index < -0.39 is 0 Å². The number of imidazole rings is 1. The fourth-order valence-corrected chi connectivity index (χ4v) is 4.43. The molecule has 3 rings (SSSR count). The van der Waals surface area contributed by atoms with Crippen molar-refractivity contribution in [2.45, 2.75) is 43.4 Å². The van der Waals surface area contributed by atoms with E-state index in [9.17, 15) is 4.39 Å². The van der Waals surface area contributed by atoms with Gasteiger partial charge in [0.25, 0.3) is 0 Å². The van der Waals surface area contributed by atoms with Crippen molar-refractivity contribution in [3.05, 3.63) is 28.8 Å². The smallest absolute Gasteiger partial charge is 0.178 e. The Balaban J connectivity index is 2.01. The summed E-state index contributed by atoms with van der Waals surface area (Å²) < 4.78 is 16.4. The molecule has 1 heterocycles. The van der Waals surface area contributed by atoms with Crippen LogP contribution in [0.2, 0.25) is 0 Å². The molecule has 0 atom stereocenters. The van der Waals surface area contributed by atoms with Crippen molar-refractivity contribution < 1.29 is 4.39 Å². The largest absolute Gasteiger partial charge is 0.330 e. The number of thioether (sulfide) groups is 1. The molecule has 1 fully saturated rings. The van der Waals surface area contributed by atoms with E-state index in [4.69, 9.17) is 12.2 Å². The predicted octanol–water partition coefficient (Wildman–Crippen LogP) is 4.90. The van der Waals surface area contributed by atoms with Crippen molar-refractivity contribution >= 4 is 35.0 Å². The summed E-state index contributed by atoms with van der Waals surface area (Å²) in [6, 6.07) is 4.86. The number of fused-ring (bicyclic) bond motifs is 1. The molecular weight excluding hydrogens is 291 g/mol. The average molecular weight is 310 g/mol. The van der Waals surface area contributed by atoms with Gasteiger partial charge in [0, 0.05) is 11.3 Å². The third-order valence-electron chi connectivity index (χ3n) is 4.38. The highest BCUT2D eigenvalue weighted by molar-refractivity contribution is 8.00. The van der Waals surface area contributed by atoms with Gasteiger partial charge in [0.2, 0.25) is 0 Å². The molecule has 0 aliphatic heterocycles. The van der Waals surface area contributed by atoms with Crippen molar-refractivity contribution in [1.29, 1.82) is 0 Å². The third kappa shape index (κ3) is 2.53. The second-order valence-electron chi connectivity index (χ2n) is 5.63. The van der Waals surface area contributed by atoms with Crippen LogP contribution in [0.15, 0.2) is 18.2 Å². The lowest BCUT2D eigenvalue weighted by Gasteiger charge is -2.36. The zero-order valence-corrected chi connectivity index (χ0v) is 13.2. The van der Waals surface area contributed by atoms with Gasteiger partial charge in [-0.2, -0.15) is 11.8 Å². The number of H-pyrrole nitrogens is 1. The minimum atomic E-state index is -0.224. The van der Waals surface area contributed by atoms with Crippen LogP contribution in [0.4, 0.5) is 4.39 Å². The van der Waals surface area contributed by atoms with Gasteiger partial charge in [0.15, 0.2) is 4.77 Å². The average Bonchev–Trinajstić information content (AvgIpc) is 2.75. The standard InChI is InChI=1S/C15H19FN2S2/c1-20-15(7-3-2-4-8-15)10-18-13-6-5-11(16)9-12(13)17-14(18)19/h5-6,9H,2-4,7-8,10H2,1H3,(H,17,19). The fraction of sp³-hybridized carbons (Fsp3) is 0.533. The Morgan fingerprint density at radius 3 is 2.80 bits per heavy atom. The van der Waals surface area contributed by atoms with Crippen LogP contribution in [-0.2, 0) is 6.54 Å². The van der Waals surface area contributed by atoms with Gasteiger partial charge < -0.3 is 9.55 Å². The molecule has 2 nitrogen and oxygen atoms in total. The first-order chi connectivity index (χ1) is 9.63. The lowest BCUT2D eigenvalue weighted by Crippen LogP contribution is -2.33. The summed E-state index contributed by atoms with van der Waals surface area (Å²) in [5.41, 5.74) is 1.80. The van der Waals surface area contributed by atoms with Gasteiger partial charge in [-0.1, -0.05) is 19.3 Å². The molecule has 0 spiro atoms. The Morgan fingerprint density at radius 2 is 2.10 bits per heavy atom. The van der Waals surface area contributed by atoms with E-state index in [-0.39, 0.29) is 10.6 Å². The number of halogens is 1. The van der Waals surface area contributed by atoms with Crippen LogP contribution in [0.25, 0.3) is 11.0 Å². The van der Waals surface area contributed by atoms with Crippen molar-refractivity contribution in [3.63, 3.8) is 0 Å². The van der Waals surface area contributed by atoms with Crippen LogP contribution >= 0.6 is 24.0 Å². The Labute approximate surface area is 127 Å². The molecule has 0 bridgehead atoms. The first-order valence-electron chi connectivity index (χ1n) is 7.07. The van der Waals surface area contributed by atoms with E-state index in [1.807, 2.05) is 17.8 Å². The molecule has 0 radical (unpaired) electrons. The van der Waals surface area contributed by atoms with Gasteiger partial charge in [0.05, 0.1) is 11.0 Å². The topological polar surface area (TPSA) is 20.7 Å². The van der Waals surface area contributed by atoms with E-state index in [0.29, 0.717) is 4.77 Å².